The summed E-state index contributed by atoms with van der Waals surface area (Å²) in [6.07, 6.45) is -4.38. The fourth-order valence-electron chi connectivity index (χ4n) is 3.61. The topological polar surface area (TPSA) is 44.1 Å². The molecule has 0 aliphatic rings. The molecule has 3 aromatic carbocycles. The number of esters is 1. The standard InChI is InChI=1S/C26H23F3N2O2S/c1-3-33-24(32)19-10-13-23-22(14-19)30-25(34-16-20-7-5-4-6-17(20)2)31(23)15-18-8-11-21(12-9-18)26(27,28)29/h4-14H,3,15-16H2,1-2H3. The van der Waals surface area contributed by atoms with E-state index in [1.165, 1.54) is 23.3 Å². The van der Waals surface area contributed by atoms with Crippen LogP contribution < -0.4 is 0 Å². The van der Waals surface area contributed by atoms with E-state index in [9.17, 15) is 18.0 Å². The lowest BCUT2D eigenvalue weighted by Crippen LogP contribution is -2.06. The molecule has 4 aromatic rings. The monoisotopic (exact) mass is 484 g/mol. The number of fused-ring (bicyclic) bond motifs is 1. The Bertz CT molecular complexity index is 1310. The van der Waals surface area contributed by atoms with Gasteiger partial charge in [0.2, 0.25) is 0 Å². The van der Waals surface area contributed by atoms with Gasteiger partial charge in [-0.05, 0) is 60.9 Å². The average molecular weight is 485 g/mol. The number of nitrogens with zero attached hydrogens (tertiary/aromatic N) is 2. The molecule has 0 bridgehead atoms. The number of thioether (sulfide) groups is 1. The molecular weight excluding hydrogens is 461 g/mol. The predicted octanol–water partition coefficient (Wildman–Crippen LogP) is 6.88. The third-order valence-corrected chi connectivity index (χ3v) is 6.49. The first kappa shape index (κ1) is 23.9. The molecule has 0 N–H and O–H groups in total. The molecule has 34 heavy (non-hydrogen) atoms. The summed E-state index contributed by atoms with van der Waals surface area (Å²) in [7, 11) is 0. The summed E-state index contributed by atoms with van der Waals surface area (Å²) >= 11 is 1.55. The molecule has 1 aromatic heterocycles. The number of hydrogen-bond donors (Lipinski definition) is 0. The van der Waals surface area contributed by atoms with Crippen LogP contribution in [0.15, 0.2) is 71.9 Å². The van der Waals surface area contributed by atoms with Crippen molar-refractivity contribution in [2.45, 2.75) is 37.5 Å². The highest BCUT2D eigenvalue weighted by Crippen LogP contribution is 2.31. The first-order valence-corrected chi connectivity index (χ1v) is 11.8. The quantitative estimate of drug-likeness (QED) is 0.212. The number of imidazole rings is 1. The third kappa shape index (κ3) is 5.28. The van der Waals surface area contributed by atoms with Gasteiger partial charge in [-0.1, -0.05) is 48.2 Å². The highest BCUT2D eigenvalue weighted by Gasteiger charge is 2.30. The lowest BCUT2D eigenvalue weighted by molar-refractivity contribution is -0.137. The van der Waals surface area contributed by atoms with Crippen molar-refractivity contribution in [3.05, 3.63) is 94.5 Å². The van der Waals surface area contributed by atoms with E-state index in [-0.39, 0.29) is 6.61 Å². The zero-order chi connectivity index (χ0) is 24.3. The van der Waals surface area contributed by atoms with E-state index < -0.39 is 17.7 Å². The summed E-state index contributed by atoms with van der Waals surface area (Å²) in [5.41, 5.74) is 4.21. The summed E-state index contributed by atoms with van der Waals surface area (Å²) in [6.45, 7) is 4.42. The lowest BCUT2D eigenvalue weighted by Gasteiger charge is -2.12. The number of rotatable bonds is 7. The van der Waals surface area contributed by atoms with Gasteiger partial charge in [0.1, 0.15) is 0 Å². The van der Waals surface area contributed by atoms with Crippen LogP contribution in [0.25, 0.3) is 11.0 Å². The van der Waals surface area contributed by atoms with E-state index in [0.29, 0.717) is 23.4 Å². The van der Waals surface area contributed by atoms with Crippen LogP contribution in [-0.4, -0.2) is 22.1 Å². The maximum atomic E-state index is 13.0. The molecule has 0 aliphatic heterocycles. The van der Waals surface area contributed by atoms with Crippen molar-refractivity contribution in [1.29, 1.82) is 0 Å². The highest BCUT2D eigenvalue weighted by atomic mass is 32.2. The van der Waals surface area contributed by atoms with Gasteiger partial charge in [0.15, 0.2) is 5.16 Å². The van der Waals surface area contributed by atoms with Gasteiger partial charge in [0.25, 0.3) is 0 Å². The number of benzene rings is 3. The number of ether oxygens (including phenoxy) is 1. The Labute approximate surface area is 199 Å². The molecule has 0 saturated heterocycles. The molecule has 0 spiro atoms. The normalized spacial score (nSPS) is 11.7. The molecular formula is C26H23F3N2O2S. The molecule has 0 fully saturated rings. The summed E-state index contributed by atoms with van der Waals surface area (Å²) in [4.78, 5) is 16.9. The average Bonchev–Trinajstić information content (AvgIpc) is 3.15. The number of halogens is 3. The van der Waals surface area contributed by atoms with Gasteiger partial charge in [0.05, 0.1) is 35.3 Å². The highest BCUT2D eigenvalue weighted by molar-refractivity contribution is 7.98. The van der Waals surface area contributed by atoms with Crippen molar-refractivity contribution in [2.24, 2.45) is 0 Å². The SMILES string of the molecule is CCOC(=O)c1ccc2c(c1)nc(SCc1ccccc1C)n2Cc1ccc(C(F)(F)F)cc1. The summed E-state index contributed by atoms with van der Waals surface area (Å²) < 4.78 is 46.0. The molecule has 0 unspecified atom stereocenters. The second kappa shape index (κ2) is 9.93. The van der Waals surface area contributed by atoms with Crippen LogP contribution in [0.4, 0.5) is 13.2 Å². The zero-order valence-corrected chi connectivity index (χ0v) is 19.5. The molecule has 4 nitrogen and oxygen atoms in total. The molecule has 8 heteroatoms. The first-order valence-electron chi connectivity index (χ1n) is 10.8. The van der Waals surface area contributed by atoms with Crippen molar-refractivity contribution in [1.82, 2.24) is 9.55 Å². The molecule has 0 radical (unpaired) electrons. The van der Waals surface area contributed by atoms with Crippen LogP contribution in [-0.2, 0) is 23.2 Å². The second-order valence-corrected chi connectivity index (χ2v) is 8.76. The number of aryl methyl sites for hydroxylation is 1. The van der Waals surface area contributed by atoms with E-state index in [1.54, 1.807) is 36.9 Å². The maximum Gasteiger partial charge on any atom is 0.416 e. The van der Waals surface area contributed by atoms with Crippen LogP contribution in [0.1, 0.15) is 39.5 Å². The van der Waals surface area contributed by atoms with Gasteiger partial charge in [-0.25, -0.2) is 9.78 Å². The predicted molar refractivity (Wildman–Crippen MR) is 127 cm³/mol. The summed E-state index contributed by atoms with van der Waals surface area (Å²) in [6, 6.07) is 18.4. The van der Waals surface area contributed by atoms with E-state index in [1.807, 2.05) is 29.7 Å². The smallest absolute Gasteiger partial charge is 0.416 e. The summed E-state index contributed by atoms with van der Waals surface area (Å²) in [5.74, 6) is 0.268. The first-order chi connectivity index (χ1) is 16.3. The molecule has 0 saturated carbocycles. The van der Waals surface area contributed by atoms with Gasteiger partial charge in [-0.15, -0.1) is 0 Å². The Kier molecular flexibility index (Phi) is 6.97. The lowest BCUT2D eigenvalue weighted by atomic mass is 10.1. The number of carbonyl (C=O) groups excluding carboxylic acids is 1. The number of hydrogen-bond acceptors (Lipinski definition) is 4. The third-order valence-electron chi connectivity index (χ3n) is 5.46. The van der Waals surface area contributed by atoms with Crippen molar-refractivity contribution in [2.75, 3.05) is 6.61 Å². The largest absolute Gasteiger partial charge is 0.462 e. The van der Waals surface area contributed by atoms with Crippen LogP contribution in [0.5, 0.6) is 0 Å². The molecule has 1 heterocycles. The number of aromatic nitrogens is 2. The van der Waals surface area contributed by atoms with Gasteiger partial charge in [-0.3, -0.25) is 0 Å². The van der Waals surface area contributed by atoms with Crippen LogP contribution >= 0.6 is 11.8 Å². The Morgan fingerprint density at radius 2 is 1.79 bits per heavy atom. The molecule has 0 amide bonds. The Morgan fingerprint density at radius 1 is 1.06 bits per heavy atom. The van der Waals surface area contributed by atoms with Gasteiger partial charge in [0, 0.05) is 5.75 Å². The van der Waals surface area contributed by atoms with Gasteiger partial charge in [-0.2, -0.15) is 13.2 Å². The van der Waals surface area contributed by atoms with Crippen molar-refractivity contribution < 1.29 is 22.7 Å². The fraction of sp³-hybridized carbons (Fsp3) is 0.231. The number of carbonyl (C=O) groups is 1. The number of alkyl halides is 3. The van der Waals surface area contributed by atoms with E-state index in [0.717, 1.165) is 28.4 Å². The Morgan fingerprint density at radius 3 is 2.47 bits per heavy atom. The van der Waals surface area contributed by atoms with Crippen LogP contribution in [0.2, 0.25) is 0 Å². The minimum atomic E-state index is -4.38. The van der Waals surface area contributed by atoms with Crippen molar-refractivity contribution >= 4 is 28.8 Å². The minimum Gasteiger partial charge on any atom is -0.462 e. The molecule has 176 valence electrons. The maximum absolute atomic E-state index is 13.0. The van der Waals surface area contributed by atoms with Gasteiger partial charge >= 0.3 is 12.1 Å². The Hall–Kier alpha value is -3.26. The van der Waals surface area contributed by atoms with E-state index >= 15 is 0 Å². The Balaban J connectivity index is 1.70. The van der Waals surface area contributed by atoms with E-state index in [4.69, 9.17) is 9.72 Å². The minimum absolute atomic E-state index is 0.275. The molecule has 0 aliphatic carbocycles. The van der Waals surface area contributed by atoms with Crippen LogP contribution in [0.3, 0.4) is 0 Å². The van der Waals surface area contributed by atoms with Crippen molar-refractivity contribution in [3.63, 3.8) is 0 Å². The second-order valence-electron chi connectivity index (χ2n) is 7.81. The van der Waals surface area contributed by atoms with E-state index in [2.05, 4.69) is 6.07 Å². The molecule has 4 rings (SSSR count). The van der Waals surface area contributed by atoms with Gasteiger partial charge < -0.3 is 9.30 Å². The zero-order valence-electron chi connectivity index (χ0n) is 18.7. The molecule has 0 atom stereocenters. The van der Waals surface area contributed by atoms with Crippen molar-refractivity contribution in [3.8, 4) is 0 Å². The van der Waals surface area contributed by atoms with Crippen LogP contribution in [0, 0.1) is 6.92 Å². The fourth-order valence-corrected chi connectivity index (χ4v) is 4.70. The summed E-state index contributed by atoms with van der Waals surface area (Å²) in [5, 5.41) is 0.721.